The summed E-state index contributed by atoms with van der Waals surface area (Å²) in [6, 6.07) is 10.8. The summed E-state index contributed by atoms with van der Waals surface area (Å²) in [5.41, 5.74) is 2.51. The molecule has 1 fully saturated rings. The third-order valence-electron chi connectivity index (χ3n) is 5.29. The molecule has 166 valence electrons. The molecule has 30 heavy (non-hydrogen) atoms. The van der Waals surface area contributed by atoms with Gasteiger partial charge in [-0.25, -0.2) is 4.98 Å². The zero-order valence-electron chi connectivity index (χ0n) is 18.4. The van der Waals surface area contributed by atoms with Crippen molar-refractivity contribution < 1.29 is 0 Å². The van der Waals surface area contributed by atoms with Gasteiger partial charge in [0.15, 0.2) is 5.96 Å². The molecule has 2 heterocycles. The van der Waals surface area contributed by atoms with Crippen LogP contribution in [0.3, 0.4) is 0 Å². The van der Waals surface area contributed by atoms with Crippen molar-refractivity contribution >= 4 is 41.3 Å². The molecule has 1 aromatic carbocycles. The van der Waals surface area contributed by atoms with Gasteiger partial charge < -0.3 is 15.1 Å². The number of benzene rings is 1. The highest BCUT2D eigenvalue weighted by atomic mass is 127. The van der Waals surface area contributed by atoms with Gasteiger partial charge in [0, 0.05) is 58.7 Å². The first-order chi connectivity index (χ1) is 14.1. The average Bonchev–Trinajstić information content (AvgIpc) is 3.14. The van der Waals surface area contributed by atoms with Crippen LogP contribution in [-0.4, -0.2) is 79.0 Å². The van der Waals surface area contributed by atoms with Gasteiger partial charge in [-0.15, -0.1) is 35.3 Å². The average molecular weight is 543 g/mol. The normalized spacial score (nSPS) is 15.6. The van der Waals surface area contributed by atoms with Gasteiger partial charge in [0.1, 0.15) is 0 Å². The Kier molecular flexibility index (Phi) is 11.0. The Hall–Kier alpha value is -1.23. The minimum absolute atomic E-state index is 0. The van der Waals surface area contributed by atoms with Crippen LogP contribution in [0.5, 0.6) is 0 Å². The summed E-state index contributed by atoms with van der Waals surface area (Å²) in [6.07, 6.45) is 1.13. The SMILES string of the molecule is CN=C(NCCCN1CCN(Cc2ccccc2)CC1)N(C)Cc1csc(C)n1.I. The van der Waals surface area contributed by atoms with Gasteiger partial charge >= 0.3 is 0 Å². The highest BCUT2D eigenvalue weighted by Gasteiger charge is 2.16. The van der Waals surface area contributed by atoms with Gasteiger partial charge in [0.2, 0.25) is 0 Å². The molecule has 0 saturated carbocycles. The van der Waals surface area contributed by atoms with Crippen LogP contribution in [0.1, 0.15) is 22.7 Å². The van der Waals surface area contributed by atoms with E-state index >= 15 is 0 Å². The van der Waals surface area contributed by atoms with Crippen LogP contribution in [-0.2, 0) is 13.1 Å². The van der Waals surface area contributed by atoms with E-state index in [0.29, 0.717) is 0 Å². The van der Waals surface area contributed by atoms with E-state index in [0.717, 1.165) is 75.4 Å². The maximum Gasteiger partial charge on any atom is 0.193 e. The number of aryl methyl sites for hydroxylation is 1. The predicted octanol–water partition coefficient (Wildman–Crippen LogP) is 3.28. The lowest BCUT2D eigenvalue weighted by Gasteiger charge is -2.34. The number of thiazole rings is 1. The van der Waals surface area contributed by atoms with Crippen LogP contribution in [0.2, 0.25) is 0 Å². The Balaban J connectivity index is 0.00000320. The fourth-order valence-corrected chi connectivity index (χ4v) is 4.30. The first kappa shape index (κ1) is 25.0. The van der Waals surface area contributed by atoms with E-state index in [4.69, 9.17) is 0 Å². The molecule has 0 aliphatic carbocycles. The number of hydrogen-bond donors (Lipinski definition) is 1. The largest absolute Gasteiger partial charge is 0.356 e. The molecule has 0 radical (unpaired) electrons. The first-order valence-electron chi connectivity index (χ1n) is 10.5. The molecule has 0 unspecified atom stereocenters. The van der Waals surface area contributed by atoms with Crippen molar-refractivity contribution in [3.05, 3.63) is 52.0 Å². The smallest absolute Gasteiger partial charge is 0.193 e. The fourth-order valence-electron chi connectivity index (χ4n) is 3.70. The molecule has 1 aliphatic heterocycles. The van der Waals surface area contributed by atoms with E-state index in [2.05, 4.69) is 72.8 Å². The summed E-state index contributed by atoms with van der Waals surface area (Å²) >= 11 is 1.70. The lowest BCUT2D eigenvalue weighted by Crippen LogP contribution is -2.46. The zero-order valence-corrected chi connectivity index (χ0v) is 21.5. The predicted molar refractivity (Wildman–Crippen MR) is 138 cm³/mol. The lowest BCUT2D eigenvalue weighted by molar-refractivity contribution is 0.126. The molecule has 1 aliphatic rings. The second kappa shape index (κ2) is 13.2. The molecule has 2 aromatic rings. The molecule has 0 spiro atoms. The summed E-state index contributed by atoms with van der Waals surface area (Å²) in [4.78, 5) is 16.2. The second-order valence-electron chi connectivity index (χ2n) is 7.64. The van der Waals surface area contributed by atoms with Gasteiger partial charge in [0.05, 0.1) is 17.2 Å². The first-order valence-corrected chi connectivity index (χ1v) is 11.3. The second-order valence-corrected chi connectivity index (χ2v) is 8.71. The number of guanidine groups is 1. The van der Waals surface area contributed by atoms with Crippen LogP contribution in [0, 0.1) is 6.92 Å². The van der Waals surface area contributed by atoms with E-state index in [-0.39, 0.29) is 24.0 Å². The molecule has 0 amide bonds. The molecule has 6 nitrogen and oxygen atoms in total. The fraction of sp³-hybridized carbons (Fsp3) is 0.545. The van der Waals surface area contributed by atoms with Gasteiger partial charge in [0.25, 0.3) is 0 Å². The molecular weight excluding hydrogens is 507 g/mol. The van der Waals surface area contributed by atoms with Gasteiger partial charge in [-0.3, -0.25) is 9.89 Å². The summed E-state index contributed by atoms with van der Waals surface area (Å²) in [7, 11) is 3.91. The van der Waals surface area contributed by atoms with Crippen molar-refractivity contribution in [2.75, 3.05) is 53.4 Å². The quantitative estimate of drug-likeness (QED) is 0.240. The van der Waals surface area contributed by atoms with E-state index in [1.165, 1.54) is 5.56 Å². The third kappa shape index (κ3) is 8.13. The maximum atomic E-state index is 4.54. The van der Waals surface area contributed by atoms with Crippen LogP contribution < -0.4 is 5.32 Å². The summed E-state index contributed by atoms with van der Waals surface area (Å²) in [5, 5.41) is 6.72. The number of piperazine rings is 1. The third-order valence-corrected chi connectivity index (χ3v) is 6.11. The number of halogens is 1. The number of hydrogen-bond acceptors (Lipinski definition) is 5. The van der Waals surface area contributed by atoms with E-state index in [1.54, 1.807) is 11.3 Å². The Morgan fingerprint density at radius 3 is 2.50 bits per heavy atom. The van der Waals surface area contributed by atoms with Crippen LogP contribution in [0.4, 0.5) is 0 Å². The molecule has 8 heteroatoms. The molecule has 0 bridgehead atoms. The lowest BCUT2D eigenvalue weighted by atomic mass is 10.2. The Morgan fingerprint density at radius 1 is 1.17 bits per heavy atom. The van der Waals surface area contributed by atoms with Crippen molar-refractivity contribution in [2.24, 2.45) is 4.99 Å². The molecule has 1 saturated heterocycles. The number of rotatable bonds is 8. The molecule has 0 atom stereocenters. The van der Waals surface area contributed by atoms with Crippen LogP contribution in [0.25, 0.3) is 0 Å². The summed E-state index contributed by atoms with van der Waals surface area (Å²) < 4.78 is 0. The minimum atomic E-state index is 0. The maximum absolute atomic E-state index is 4.54. The van der Waals surface area contributed by atoms with Gasteiger partial charge in [-0.1, -0.05) is 30.3 Å². The van der Waals surface area contributed by atoms with Crippen molar-refractivity contribution in [1.82, 2.24) is 25.0 Å². The topological polar surface area (TPSA) is 47.0 Å². The Morgan fingerprint density at radius 2 is 1.87 bits per heavy atom. The summed E-state index contributed by atoms with van der Waals surface area (Å²) in [5.74, 6) is 0.934. The van der Waals surface area contributed by atoms with E-state index < -0.39 is 0 Å². The zero-order chi connectivity index (χ0) is 20.5. The van der Waals surface area contributed by atoms with Crippen molar-refractivity contribution in [3.63, 3.8) is 0 Å². The van der Waals surface area contributed by atoms with Crippen LogP contribution in [0.15, 0.2) is 40.7 Å². The number of nitrogens with one attached hydrogen (secondary N) is 1. The highest BCUT2D eigenvalue weighted by molar-refractivity contribution is 14.0. The van der Waals surface area contributed by atoms with Crippen molar-refractivity contribution in [2.45, 2.75) is 26.4 Å². The highest BCUT2D eigenvalue weighted by Crippen LogP contribution is 2.10. The monoisotopic (exact) mass is 542 g/mol. The van der Waals surface area contributed by atoms with E-state index in [1.807, 2.05) is 14.0 Å². The molecular formula is C22H35IN6S. The minimum Gasteiger partial charge on any atom is -0.356 e. The Bertz CT molecular complexity index is 758. The number of nitrogens with zero attached hydrogens (tertiary/aromatic N) is 5. The summed E-state index contributed by atoms with van der Waals surface area (Å²) in [6.45, 7) is 10.6. The number of aromatic nitrogens is 1. The standard InChI is InChI=1S/C22H34N6S.HI/c1-19-25-21(18-29-19)17-26(3)22(23-2)24-10-7-11-27-12-14-28(15-13-27)16-20-8-5-4-6-9-20;/h4-6,8-9,18H,7,10-17H2,1-3H3,(H,23,24);1H. The van der Waals surface area contributed by atoms with Crippen molar-refractivity contribution in [1.29, 1.82) is 0 Å². The van der Waals surface area contributed by atoms with Crippen LogP contribution >= 0.6 is 35.3 Å². The van der Waals surface area contributed by atoms with Gasteiger partial charge in [-0.2, -0.15) is 0 Å². The molecule has 1 N–H and O–H groups in total. The number of aliphatic imine (C=N–C) groups is 1. The van der Waals surface area contributed by atoms with E-state index in [9.17, 15) is 0 Å². The van der Waals surface area contributed by atoms with Crippen molar-refractivity contribution in [3.8, 4) is 0 Å². The molecule has 3 rings (SSSR count). The van der Waals surface area contributed by atoms with Gasteiger partial charge in [-0.05, 0) is 25.5 Å². The Labute approximate surface area is 202 Å². The molecule has 1 aromatic heterocycles.